The maximum Gasteiger partial charge on any atom is 0.193 e. The van der Waals surface area contributed by atoms with Gasteiger partial charge in [-0.2, -0.15) is 0 Å². The fourth-order valence-corrected chi connectivity index (χ4v) is 3.55. The summed E-state index contributed by atoms with van der Waals surface area (Å²) in [5.41, 5.74) is 0. The van der Waals surface area contributed by atoms with Crippen molar-refractivity contribution in [2.75, 3.05) is 32.4 Å². The van der Waals surface area contributed by atoms with Crippen LogP contribution in [0, 0.1) is 0 Å². The first-order valence-corrected chi connectivity index (χ1v) is 10.0. The summed E-state index contributed by atoms with van der Waals surface area (Å²) in [6.45, 7) is 7.91. The van der Waals surface area contributed by atoms with Crippen molar-refractivity contribution in [2.45, 2.75) is 31.1 Å². The Hall–Kier alpha value is -1.82. The molecule has 0 saturated heterocycles. The third kappa shape index (κ3) is 7.17. The fraction of sp³-hybridized carbons (Fsp3) is 0.500. The van der Waals surface area contributed by atoms with Crippen molar-refractivity contribution in [3.63, 3.8) is 0 Å². The second kappa shape index (κ2) is 10.9. The van der Waals surface area contributed by atoms with Gasteiger partial charge < -0.3 is 10.2 Å². The van der Waals surface area contributed by atoms with Gasteiger partial charge in [0, 0.05) is 26.7 Å². The molecule has 1 rings (SSSR count). The lowest BCUT2D eigenvalue weighted by Gasteiger charge is -2.21. The van der Waals surface area contributed by atoms with Crippen molar-refractivity contribution >= 4 is 15.8 Å². The highest BCUT2D eigenvalue weighted by molar-refractivity contribution is 7.91. The Labute approximate surface area is 146 Å². The zero-order valence-electron chi connectivity index (χ0n) is 14.7. The monoisotopic (exact) mass is 351 g/mol. The van der Waals surface area contributed by atoms with E-state index in [2.05, 4.69) is 21.8 Å². The number of nitrogens with one attached hydrogen (secondary N) is 1. The van der Waals surface area contributed by atoms with E-state index in [1.54, 1.807) is 24.3 Å². The van der Waals surface area contributed by atoms with Crippen LogP contribution in [-0.4, -0.2) is 51.7 Å². The van der Waals surface area contributed by atoms with Crippen LogP contribution in [0.15, 0.2) is 52.9 Å². The standard InChI is InChI=1S/C18H29N3O2S/c1-4-6-10-15-21(3)18(19-5-2)20-14-11-16-24(22,23)17-12-8-7-9-13-17/h4,7-9,12-13H,1,5-6,10-11,14-16H2,2-3H3,(H,19,20). The maximum atomic E-state index is 12.2. The van der Waals surface area contributed by atoms with Gasteiger partial charge in [0.2, 0.25) is 0 Å². The Bertz CT molecular complexity index is 612. The summed E-state index contributed by atoms with van der Waals surface area (Å²) < 4.78 is 24.5. The molecule has 134 valence electrons. The molecule has 0 aromatic heterocycles. The molecule has 1 aromatic carbocycles. The summed E-state index contributed by atoms with van der Waals surface area (Å²) in [5.74, 6) is 0.929. The molecule has 0 unspecified atom stereocenters. The Morgan fingerprint density at radius 2 is 2.00 bits per heavy atom. The number of guanidine groups is 1. The Balaban J connectivity index is 2.53. The van der Waals surface area contributed by atoms with E-state index >= 15 is 0 Å². The van der Waals surface area contributed by atoms with Crippen molar-refractivity contribution in [2.24, 2.45) is 4.99 Å². The summed E-state index contributed by atoms with van der Waals surface area (Å²) >= 11 is 0. The van der Waals surface area contributed by atoms with Crippen LogP contribution in [0.2, 0.25) is 0 Å². The van der Waals surface area contributed by atoms with Gasteiger partial charge in [-0.05, 0) is 38.3 Å². The Kier molecular flexibility index (Phi) is 9.15. The number of benzene rings is 1. The van der Waals surface area contributed by atoms with Crippen LogP contribution >= 0.6 is 0 Å². The molecule has 0 bridgehead atoms. The molecule has 1 aromatic rings. The van der Waals surface area contributed by atoms with Gasteiger partial charge in [-0.3, -0.25) is 4.99 Å². The van der Waals surface area contributed by atoms with Crippen molar-refractivity contribution < 1.29 is 8.42 Å². The fourth-order valence-electron chi connectivity index (χ4n) is 2.23. The first-order valence-electron chi connectivity index (χ1n) is 8.39. The summed E-state index contributed by atoms with van der Waals surface area (Å²) in [7, 11) is -1.23. The molecule has 0 spiro atoms. The molecule has 0 fully saturated rings. The predicted octanol–water partition coefficient (Wildman–Crippen LogP) is 2.71. The highest BCUT2D eigenvalue weighted by Gasteiger charge is 2.13. The van der Waals surface area contributed by atoms with Gasteiger partial charge >= 0.3 is 0 Å². The number of hydrogen-bond acceptors (Lipinski definition) is 3. The highest BCUT2D eigenvalue weighted by atomic mass is 32.2. The lowest BCUT2D eigenvalue weighted by atomic mass is 10.3. The third-order valence-electron chi connectivity index (χ3n) is 3.53. The van der Waals surface area contributed by atoms with Gasteiger partial charge in [0.05, 0.1) is 10.6 Å². The predicted molar refractivity (Wildman–Crippen MR) is 101 cm³/mol. The van der Waals surface area contributed by atoms with Crippen LogP contribution in [0.5, 0.6) is 0 Å². The zero-order valence-corrected chi connectivity index (χ0v) is 15.6. The Morgan fingerprint density at radius 3 is 2.62 bits per heavy atom. The van der Waals surface area contributed by atoms with Crippen molar-refractivity contribution in [1.29, 1.82) is 0 Å². The zero-order chi connectivity index (χ0) is 17.8. The van der Waals surface area contributed by atoms with E-state index in [4.69, 9.17) is 0 Å². The highest BCUT2D eigenvalue weighted by Crippen LogP contribution is 2.11. The molecule has 0 radical (unpaired) electrons. The minimum absolute atomic E-state index is 0.111. The third-order valence-corrected chi connectivity index (χ3v) is 5.35. The molecule has 6 heteroatoms. The molecular formula is C18H29N3O2S. The van der Waals surface area contributed by atoms with E-state index in [1.807, 2.05) is 26.1 Å². The minimum atomic E-state index is -3.22. The van der Waals surface area contributed by atoms with E-state index < -0.39 is 9.84 Å². The van der Waals surface area contributed by atoms with Crippen molar-refractivity contribution in [3.8, 4) is 0 Å². The largest absolute Gasteiger partial charge is 0.357 e. The van der Waals surface area contributed by atoms with Crippen LogP contribution < -0.4 is 5.32 Å². The topological polar surface area (TPSA) is 61.8 Å². The number of unbranched alkanes of at least 4 members (excludes halogenated alkanes) is 1. The Morgan fingerprint density at radius 1 is 1.29 bits per heavy atom. The van der Waals surface area contributed by atoms with E-state index in [9.17, 15) is 8.42 Å². The number of nitrogens with zero attached hydrogens (tertiary/aromatic N) is 2. The molecule has 0 aliphatic heterocycles. The molecule has 0 aliphatic rings. The van der Waals surface area contributed by atoms with Crippen LogP contribution in [0.4, 0.5) is 0 Å². The smallest absolute Gasteiger partial charge is 0.193 e. The molecule has 0 atom stereocenters. The summed E-state index contributed by atoms with van der Waals surface area (Å²) in [4.78, 5) is 6.98. The lowest BCUT2D eigenvalue weighted by molar-refractivity contribution is 0.470. The average Bonchev–Trinajstić information content (AvgIpc) is 2.58. The van der Waals surface area contributed by atoms with Gasteiger partial charge in [-0.25, -0.2) is 8.42 Å². The summed E-state index contributed by atoms with van der Waals surface area (Å²) in [5, 5.41) is 3.24. The first-order chi connectivity index (χ1) is 11.5. The molecule has 0 amide bonds. The first kappa shape index (κ1) is 20.2. The van der Waals surface area contributed by atoms with Crippen LogP contribution in [0.1, 0.15) is 26.2 Å². The number of allylic oxidation sites excluding steroid dienone is 1. The van der Waals surface area contributed by atoms with Crippen LogP contribution in [0.3, 0.4) is 0 Å². The molecular weight excluding hydrogens is 322 g/mol. The SMILES string of the molecule is C=CCCCN(C)C(=NCCCS(=O)(=O)c1ccccc1)NCC. The van der Waals surface area contributed by atoms with E-state index in [0.717, 1.165) is 31.9 Å². The van der Waals surface area contributed by atoms with Crippen molar-refractivity contribution in [1.82, 2.24) is 10.2 Å². The molecule has 0 aliphatic carbocycles. The molecule has 1 N–H and O–H groups in total. The van der Waals surface area contributed by atoms with Crippen LogP contribution in [-0.2, 0) is 9.84 Å². The molecule has 0 heterocycles. The average molecular weight is 352 g/mol. The van der Waals surface area contributed by atoms with Gasteiger partial charge in [0.15, 0.2) is 15.8 Å². The number of hydrogen-bond donors (Lipinski definition) is 1. The van der Waals surface area contributed by atoms with E-state index in [1.165, 1.54) is 0 Å². The van der Waals surface area contributed by atoms with Gasteiger partial charge in [0.1, 0.15) is 0 Å². The summed E-state index contributed by atoms with van der Waals surface area (Å²) in [6, 6.07) is 8.57. The normalized spacial score (nSPS) is 12.0. The quantitative estimate of drug-likeness (QED) is 0.305. The van der Waals surface area contributed by atoms with Gasteiger partial charge in [-0.1, -0.05) is 24.3 Å². The lowest BCUT2D eigenvalue weighted by Crippen LogP contribution is -2.39. The van der Waals surface area contributed by atoms with Gasteiger partial charge in [0.25, 0.3) is 0 Å². The molecule has 24 heavy (non-hydrogen) atoms. The van der Waals surface area contributed by atoms with Crippen LogP contribution in [0.25, 0.3) is 0 Å². The number of rotatable bonds is 10. The van der Waals surface area contributed by atoms with E-state index in [-0.39, 0.29) is 5.75 Å². The second-order valence-electron chi connectivity index (χ2n) is 5.57. The minimum Gasteiger partial charge on any atom is -0.357 e. The number of sulfone groups is 1. The van der Waals surface area contributed by atoms with Crippen molar-refractivity contribution in [3.05, 3.63) is 43.0 Å². The maximum absolute atomic E-state index is 12.2. The van der Waals surface area contributed by atoms with E-state index in [0.29, 0.717) is 17.9 Å². The number of aliphatic imine (C=N–C) groups is 1. The summed E-state index contributed by atoms with van der Waals surface area (Å²) in [6.07, 6.45) is 4.41. The second-order valence-corrected chi connectivity index (χ2v) is 7.68. The molecule has 0 saturated carbocycles. The molecule has 5 nitrogen and oxygen atoms in total. The van der Waals surface area contributed by atoms with Gasteiger partial charge in [-0.15, -0.1) is 6.58 Å².